The Balaban J connectivity index is 2.02. The average Bonchev–Trinajstić information content (AvgIpc) is 2.96. The third-order valence-electron chi connectivity index (χ3n) is 3.71. The molecular weight excluding hydrogens is 220 g/mol. The molecule has 1 saturated carbocycles. The fraction of sp³-hybridized carbons (Fsp3) is 0.833. The van der Waals surface area contributed by atoms with Crippen LogP contribution in [0.4, 0.5) is 0 Å². The molecule has 1 amide bonds. The van der Waals surface area contributed by atoms with Crippen molar-refractivity contribution in [1.82, 2.24) is 10.2 Å². The molecule has 2 N–H and O–H groups in total. The Labute approximate surface area is 101 Å². The van der Waals surface area contributed by atoms with Gasteiger partial charge in [-0.2, -0.15) is 0 Å². The lowest BCUT2D eigenvalue weighted by Crippen LogP contribution is -2.49. The molecule has 0 radical (unpaired) electrons. The summed E-state index contributed by atoms with van der Waals surface area (Å²) in [5, 5.41) is 12.1. The molecule has 1 saturated heterocycles. The van der Waals surface area contributed by atoms with E-state index in [0.29, 0.717) is 0 Å². The van der Waals surface area contributed by atoms with Gasteiger partial charge in [0.2, 0.25) is 5.91 Å². The van der Waals surface area contributed by atoms with Gasteiger partial charge >= 0.3 is 5.97 Å². The first-order valence-corrected chi connectivity index (χ1v) is 6.44. The number of hydrogen-bond acceptors (Lipinski definition) is 3. The normalized spacial score (nSPS) is 25.1. The van der Waals surface area contributed by atoms with Gasteiger partial charge in [-0.15, -0.1) is 0 Å². The minimum atomic E-state index is -0.914. The van der Waals surface area contributed by atoms with Gasteiger partial charge in [-0.3, -0.25) is 9.59 Å². The maximum absolute atomic E-state index is 12.3. The standard InChI is InChI=1S/C12H20N2O3/c15-11(16)8-14(9-4-1-2-5-9)12(17)10-6-3-7-13-10/h9-10,13H,1-8H2,(H,15,16). The Morgan fingerprint density at radius 2 is 1.88 bits per heavy atom. The van der Waals surface area contributed by atoms with Crippen molar-refractivity contribution < 1.29 is 14.7 Å². The molecule has 0 spiro atoms. The van der Waals surface area contributed by atoms with Crippen LogP contribution < -0.4 is 5.32 Å². The fourth-order valence-electron chi connectivity index (χ4n) is 2.84. The third kappa shape index (κ3) is 2.97. The summed E-state index contributed by atoms with van der Waals surface area (Å²) in [5.74, 6) is -0.931. The van der Waals surface area contributed by atoms with Gasteiger partial charge in [0.05, 0.1) is 6.04 Å². The largest absolute Gasteiger partial charge is 0.480 e. The molecule has 1 heterocycles. The Bertz CT molecular complexity index is 294. The van der Waals surface area contributed by atoms with Crippen LogP contribution in [0.1, 0.15) is 38.5 Å². The molecule has 0 aromatic heterocycles. The molecule has 0 bridgehead atoms. The van der Waals surface area contributed by atoms with Crippen LogP contribution in [0, 0.1) is 0 Å². The van der Waals surface area contributed by atoms with Crippen LogP contribution in [0.3, 0.4) is 0 Å². The zero-order chi connectivity index (χ0) is 12.3. The van der Waals surface area contributed by atoms with Gasteiger partial charge in [0, 0.05) is 6.04 Å². The molecule has 2 rings (SSSR count). The summed E-state index contributed by atoms with van der Waals surface area (Å²) < 4.78 is 0. The first-order chi connectivity index (χ1) is 8.18. The highest BCUT2D eigenvalue weighted by Gasteiger charge is 2.33. The summed E-state index contributed by atoms with van der Waals surface area (Å²) in [7, 11) is 0. The van der Waals surface area contributed by atoms with Gasteiger partial charge in [-0.05, 0) is 32.2 Å². The zero-order valence-electron chi connectivity index (χ0n) is 10.0. The van der Waals surface area contributed by atoms with Crippen molar-refractivity contribution in [2.75, 3.05) is 13.1 Å². The smallest absolute Gasteiger partial charge is 0.323 e. The van der Waals surface area contributed by atoms with E-state index in [0.717, 1.165) is 45.1 Å². The van der Waals surface area contributed by atoms with Crippen molar-refractivity contribution >= 4 is 11.9 Å². The number of nitrogens with one attached hydrogen (secondary N) is 1. The summed E-state index contributed by atoms with van der Waals surface area (Å²) >= 11 is 0. The molecular formula is C12H20N2O3. The average molecular weight is 240 g/mol. The molecule has 0 aromatic carbocycles. The SMILES string of the molecule is O=C(O)CN(C(=O)C1CCCN1)C1CCCC1. The second kappa shape index (κ2) is 5.49. The van der Waals surface area contributed by atoms with Crippen molar-refractivity contribution in [2.24, 2.45) is 0 Å². The van der Waals surface area contributed by atoms with Gasteiger partial charge in [-0.25, -0.2) is 0 Å². The van der Waals surface area contributed by atoms with Crippen molar-refractivity contribution in [3.63, 3.8) is 0 Å². The highest BCUT2D eigenvalue weighted by molar-refractivity contribution is 5.86. The molecule has 1 aliphatic heterocycles. The van der Waals surface area contributed by atoms with Crippen LogP contribution in [0.2, 0.25) is 0 Å². The lowest BCUT2D eigenvalue weighted by Gasteiger charge is -2.29. The second-order valence-electron chi connectivity index (χ2n) is 4.95. The second-order valence-corrected chi connectivity index (χ2v) is 4.95. The van der Waals surface area contributed by atoms with E-state index in [1.807, 2.05) is 0 Å². The van der Waals surface area contributed by atoms with E-state index in [1.54, 1.807) is 4.90 Å². The molecule has 5 nitrogen and oxygen atoms in total. The molecule has 0 aromatic rings. The topological polar surface area (TPSA) is 69.6 Å². The monoisotopic (exact) mass is 240 g/mol. The first-order valence-electron chi connectivity index (χ1n) is 6.44. The number of carbonyl (C=O) groups excluding carboxylic acids is 1. The number of carboxylic acid groups (broad SMARTS) is 1. The zero-order valence-corrected chi connectivity index (χ0v) is 10.0. The summed E-state index contributed by atoms with van der Waals surface area (Å²) in [5.41, 5.74) is 0. The minimum absolute atomic E-state index is 0.0169. The van der Waals surface area contributed by atoms with Crippen LogP contribution in [0.25, 0.3) is 0 Å². The number of hydrogen-bond donors (Lipinski definition) is 2. The van der Waals surface area contributed by atoms with E-state index in [2.05, 4.69) is 5.32 Å². The van der Waals surface area contributed by atoms with Crippen LogP contribution in [0.5, 0.6) is 0 Å². The van der Waals surface area contributed by atoms with Gasteiger partial charge in [-0.1, -0.05) is 12.8 Å². The van der Waals surface area contributed by atoms with Crippen molar-refractivity contribution in [1.29, 1.82) is 0 Å². The quantitative estimate of drug-likeness (QED) is 0.754. The number of amides is 1. The van der Waals surface area contributed by atoms with E-state index < -0.39 is 5.97 Å². The lowest BCUT2D eigenvalue weighted by atomic mass is 10.1. The van der Waals surface area contributed by atoms with E-state index in [9.17, 15) is 9.59 Å². The van der Waals surface area contributed by atoms with Crippen molar-refractivity contribution in [2.45, 2.75) is 50.6 Å². The van der Waals surface area contributed by atoms with Gasteiger partial charge in [0.1, 0.15) is 6.54 Å². The summed E-state index contributed by atoms with van der Waals surface area (Å²) in [6.07, 6.45) is 5.94. The highest BCUT2D eigenvalue weighted by Crippen LogP contribution is 2.24. The lowest BCUT2D eigenvalue weighted by molar-refractivity contribution is -0.147. The Morgan fingerprint density at radius 3 is 2.41 bits per heavy atom. The van der Waals surface area contributed by atoms with Crippen molar-refractivity contribution in [3.05, 3.63) is 0 Å². The fourth-order valence-corrected chi connectivity index (χ4v) is 2.84. The number of carboxylic acids is 1. The molecule has 5 heteroatoms. The van der Waals surface area contributed by atoms with E-state index >= 15 is 0 Å². The first kappa shape index (κ1) is 12.4. The summed E-state index contributed by atoms with van der Waals surface area (Å²) in [6, 6.07) is -0.0176. The van der Waals surface area contributed by atoms with Crippen LogP contribution >= 0.6 is 0 Å². The molecule has 1 unspecified atom stereocenters. The van der Waals surface area contributed by atoms with E-state index in [1.165, 1.54) is 0 Å². The van der Waals surface area contributed by atoms with Gasteiger partial charge < -0.3 is 15.3 Å². The molecule has 1 aliphatic carbocycles. The number of carbonyl (C=O) groups is 2. The van der Waals surface area contributed by atoms with Crippen LogP contribution in [-0.2, 0) is 9.59 Å². The Morgan fingerprint density at radius 1 is 1.18 bits per heavy atom. The summed E-state index contributed by atoms with van der Waals surface area (Å²) in [6.45, 7) is 0.712. The molecule has 17 heavy (non-hydrogen) atoms. The van der Waals surface area contributed by atoms with Gasteiger partial charge in [0.15, 0.2) is 0 Å². The predicted molar refractivity (Wildman–Crippen MR) is 62.6 cm³/mol. The number of nitrogens with zero attached hydrogens (tertiary/aromatic N) is 1. The third-order valence-corrected chi connectivity index (χ3v) is 3.71. The minimum Gasteiger partial charge on any atom is -0.480 e. The molecule has 2 fully saturated rings. The highest BCUT2D eigenvalue weighted by atomic mass is 16.4. The van der Waals surface area contributed by atoms with Crippen LogP contribution in [-0.4, -0.2) is 47.1 Å². The maximum atomic E-state index is 12.3. The van der Waals surface area contributed by atoms with Gasteiger partial charge in [0.25, 0.3) is 0 Å². The van der Waals surface area contributed by atoms with Crippen LogP contribution in [0.15, 0.2) is 0 Å². The Hall–Kier alpha value is -1.10. The molecule has 2 aliphatic rings. The predicted octanol–water partition coefficient (Wildman–Crippen LogP) is 0.594. The summed E-state index contributed by atoms with van der Waals surface area (Å²) in [4.78, 5) is 24.7. The number of rotatable bonds is 4. The number of aliphatic carboxylic acids is 1. The molecule has 1 atom stereocenters. The maximum Gasteiger partial charge on any atom is 0.323 e. The van der Waals surface area contributed by atoms with Crippen molar-refractivity contribution in [3.8, 4) is 0 Å². The molecule has 96 valence electrons. The van der Waals surface area contributed by atoms with E-state index in [4.69, 9.17) is 5.11 Å². The Kier molecular flexibility index (Phi) is 3.99. The van der Waals surface area contributed by atoms with E-state index in [-0.39, 0.29) is 24.5 Å².